The van der Waals surface area contributed by atoms with Gasteiger partial charge < -0.3 is 9.26 Å². The van der Waals surface area contributed by atoms with Crippen molar-refractivity contribution in [3.05, 3.63) is 46.6 Å². The Morgan fingerprint density at radius 2 is 2.04 bits per heavy atom. The Hall–Kier alpha value is -1.92. The number of aromatic nitrogens is 1. The minimum absolute atomic E-state index is 0.302. The van der Waals surface area contributed by atoms with Crippen molar-refractivity contribution in [1.82, 2.24) is 15.0 Å². The van der Waals surface area contributed by atoms with Crippen LogP contribution in [0, 0.1) is 25.6 Å². The minimum Gasteiger partial charge on any atom is -0.494 e. The van der Waals surface area contributed by atoms with E-state index in [0.717, 1.165) is 49.7 Å². The van der Waals surface area contributed by atoms with E-state index in [-0.39, 0.29) is 5.82 Å². The zero-order valence-corrected chi connectivity index (χ0v) is 16.4. The Labute approximate surface area is 160 Å². The number of nitrogens with zero attached hydrogens (tertiary/aromatic N) is 3. The van der Waals surface area contributed by atoms with Gasteiger partial charge in [0.15, 0.2) is 11.6 Å². The first-order chi connectivity index (χ1) is 13.0. The average molecular weight is 373 g/mol. The van der Waals surface area contributed by atoms with Gasteiger partial charge in [-0.25, -0.2) is 4.39 Å². The highest BCUT2D eigenvalue weighted by Gasteiger charge is 2.35. The van der Waals surface area contributed by atoms with Crippen molar-refractivity contribution in [1.29, 1.82) is 0 Å². The zero-order chi connectivity index (χ0) is 19.0. The summed E-state index contributed by atoms with van der Waals surface area (Å²) >= 11 is 0. The molecule has 2 atom stereocenters. The Balaban J connectivity index is 1.47. The third-order valence-electron chi connectivity index (χ3n) is 6.07. The van der Waals surface area contributed by atoms with E-state index in [1.54, 1.807) is 0 Å². The monoisotopic (exact) mass is 373 g/mol. The summed E-state index contributed by atoms with van der Waals surface area (Å²) in [7, 11) is 1.52. The van der Waals surface area contributed by atoms with E-state index < -0.39 is 0 Å². The van der Waals surface area contributed by atoms with Crippen molar-refractivity contribution >= 4 is 0 Å². The molecule has 0 N–H and O–H groups in total. The maximum atomic E-state index is 13.7. The summed E-state index contributed by atoms with van der Waals surface area (Å²) in [6.07, 6.45) is 2.51. The summed E-state index contributed by atoms with van der Waals surface area (Å²) in [6, 6.07) is 5.74. The Morgan fingerprint density at radius 3 is 2.78 bits per heavy atom. The van der Waals surface area contributed by atoms with Gasteiger partial charge in [-0.15, -0.1) is 0 Å². The maximum absolute atomic E-state index is 13.7. The number of benzene rings is 1. The molecular formula is C21H28FN3O2. The molecule has 27 heavy (non-hydrogen) atoms. The van der Waals surface area contributed by atoms with E-state index in [0.29, 0.717) is 17.7 Å². The van der Waals surface area contributed by atoms with E-state index in [4.69, 9.17) is 9.26 Å². The zero-order valence-electron chi connectivity index (χ0n) is 16.4. The largest absolute Gasteiger partial charge is 0.494 e. The van der Waals surface area contributed by atoms with E-state index >= 15 is 0 Å². The van der Waals surface area contributed by atoms with Crippen LogP contribution >= 0.6 is 0 Å². The van der Waals surface area contributed by atoms with Crippen LogP contribution in [0.1, 0.15) is 35.4 Å². The van der Waals surface area contributed by atoms with Crippen LogP contribution in [-0.4, -0.2) is 47.7 Å². The van der Waals surface area contributed by atoms with Gasteiger partial charge >= 0.3 is 0 Å². The number of hydrogen-bond acceptors (Lipinski definition) is 5. The summed E-state index contributed by atoms with van der Waals surface area (Å²) in [5, 5.41) is 4.10. The highest BCUT2D eigenvalue weighted by atomic mass is 19.1. The molecule has 6 heteroatoms. The molecule has 2 bridgehead atoms. The highest BCUT2D eigenvalue weighted by molar-refractivity contribution is 5.30. The van der Waals surface area contributed by atoms with Crippen LogP contribution < -0.4 is 4.74 Å². The molecular weight excluding hydrogens is 345 g/mol. The third kappa shape index (κ3) is 3.87. The second-order valence-corrected chi connectivity index (χ2v) is 7.99. The Morgan fingerprint density at radius 1 is 1.19 bits per heavy atom. The van der Waals surface area contributed by atoms with Crippen LogP contribution in [0.4, 0.5) is 4.39 Å². The molecule has 0 aliphatic carbocycles. The molecule has 0 unspecified atom stereocenters. The molecule has 0 radical (unpaired) electrons. The fourth-order valence-corrected chi connectivity index (χ4v) is 4.59. The quantitative estimate of drug-likeness (QED) is 0.802. The van der Waals surface area contributed by atoms with Crippen LogP contribution in [-0.2, 0) is 13.1 Å². The van der Waals surface area contributed by atoms with E-state index in [1.807, 2.05) is 26.0 Å². The number of hydrogen-bond donors (Lipinski definition) is 0. The Kier molecular flexibility index (Phi) is 5.19. The molecule has 1 aromatic heterocycles. The summed E-state index contributed by atoms with van der Waals surface area (Å²) in [5.41, 5.74) is 3.34. The molecule has 4 heterocycles. The van der Waals surface area contributed by atoms with Gasteiger partial charge in [-0.2, -0.15) is 0 Å². The molecule has 5 rings (SSSR count). The minimum atomic E-state index is -0.302. The van der Waals surface area contributed by atoms with E-state index in [9.17, 15) is 4.39 Å². The van der Waals surface area contributed by atoms with E-state index in [2.05, 4.69) is 15.0 Å². The van der Waals surface area contributed by atoms with Gasteiger partial charge in [0.1, 0.15) is 5.76 Å². The van der Waals surface area contributed by atoms with Gasteiger partial charge in [0.25, 0.3) is 0 Å². The average Bonchev–Trinajstić information content (AvgIpc) is 2.83. The van der Waals surface area contributed by atoms with Gasteiger partial charge in [0.2, 0.25) is 0 Å². The number of fused-ring (bicyclic) bond motifs is 4. The lowest BCUT2D eigenvalue weighted by atomic mass is 9.94. The van der Waals surface area contributed by atoms with Gasteiger partial charge in [-0.1, -0.05) is 11.2 Å². The van der Waals surface area contributed by atoms with Crippen LogP contribution in [0.2, 0.25) is 0 Å². The predicted molar refractivity (Wildman–Crippen MR) is 101 cm³/mol. The van der Waals surface area contributed by atoms with Crippen molar-refractivity contribution in [3.63, 3.8) is 0 Å². The summed E-state index contributed by atoms with van der Waals surface area (Å²) in [4.78, 5) is 5.12. The molecule has 1 aromatic carbocycles. The summed E-state index contributed by atoms with van der Waals surface area (Å²) in [5.74, 6) is 1.63. The second kappa shape index (κ2) is 7.60. The second-order valence-electron chi connectivity index (χ2n) is 7.99. The normalized spacial score (nSPS) is 23.6. The molecule has 3 fully saturated rings. The molecule has 3 aliphatic rings. The first kappa shape index (κ1) is 18.4. The highest BCUT2D eigenvalue weighted by Crippen LogP contribution is 2.31. The third-order valence-corrected chi connectivity index (χ3v) is 6.07. The molecule has 146 valence electrons. The van der Waals surface area contributed by atoms with Crippen LogP contribution in [0.15, 0.2) is 22.7 Å². The SMILES string of the molecule is COc1cc(CN2C[C@H]3CC[C@@H]2CN(Cc2c(C)noc2C)C3)ccc1F. The summed E-state index contributed by atoms with van der Waals surface area (Å²) in [6.45, 7) is 9.04. The topological polar surface area (TPSA) is 41.7 Å². The van der Waals surface area contributed by atoms with Gasteiger partial charge in [0.05, 0.1) is 12.8 Å². The van der Waals surface area contributed by atoms with Crippen molar-refractivity contribution in [2.75, 3.05) is 26.7 Å². The molecule has 0 amide bonds. The van der Waals surface area contributed by atoms with Crippen molar-refractivity contribution < 1.29 is 13.7 Å². The number of aryl methyl sites for hydroxylation is 2. The molecule has 2 aromatic rings. The van der Waals surface area contributed by atoms with Crippen molar-refractivity contribution in [3.8, 4) is 5.75 Å². The fourth-order valence-electron chi connectivity index (χ4n) is 4.59. The lowest BCUT2D eigenvalue weighted by molar-refractivity contribution is 0.123. The fraction of sp³-hybridized carbons (Fsp3) is 0.571. The lowest BCUT2D eigenvalue weighted by Gasteiger charge is -2.36. The Bertz CT molecular complexity index is 787. The summed E-state index contributed by atoms with van der Waals surface area (Å²) < 4.78 is 24.2. The first-order valence-electron chi connectivity index (χ1n) is 9.74. The predicted octanol–water partition coefficient (Wildman–Crippen LogP) is 3.54. The van der Waals surface area contributed by atoms with Crippen molar-refractivity contribution in [2.24, 2.45) is 5.92 Å². The van der Waals surface area contributed by atoms with Gasteiger partial charge in [-0.3, -0.25) is 9.80 Å². The number of piperidine rings is 1. The lowest BCUT2D eigenvalue weighted by Crippen LogP contribution is -2.43. The molecule has 3 aliphatic heterocycles. The number of ether oxygens (including phenoxy) is 1. The number of methoxy groups -OCH3 is 1. The maximum Gasteiger partial charge on any atom is 0.165 e. The van der Waals surface area contributed by atoms with Gasteiger partial charge in [0, 0.05) is 44.3 Å². The first-order valence-corrected chi connectivity index (χ1v) is 9.74. The molecule has 0 saturated carbocycles. The van der Waals surface area contributed by atoms with E-state index in [1.165, 1.54) is 31.6 Å². The molecule has 3 saturated heterocycles. The molecule has 5 nitrogen and oxygen atoms in total. The number of halogens is 1. The van der Waals surface area contributed by atoms with Gasteiger partial charge in [-0.05, 0) is 50.3 Å². The smallest absolute Gasteiger partial charge is 0.165 e. The van der Waals surface area contributed by atoms with Crippen LogP contribution in [0.3, 0.4) is 0 Å². The standard InChI is InChI=1S/C21H28FN3O2/c1-14-19(15(2)27-23-14)13-24-9-17-4-6-18(12-24)25(11-17)10-16-5-7-20(22)21(8-16)26-3/h5,7-8,17-18H,4,6,9-13H2,1-3H3/t17-,18+/m0/s1. The number of rotatable bonds is 5. The van der Waals surface area contributed by atoms with Crippen LogP contribution in [0.5, 0.6) is 5.75 Å². The van der Waals surface area contributed by atoms with Crippen molar-refractivity contribution in [2.45, 2.75) is 45.8 Å². The molecule has 0 spiro atoms. The van der Waals surface area contributed by atoms with Crippen LogP contribution in [0.25, 0.3) is 0 Å².